The quantitative estimate of drug-likeness (QED) is 0.467. The fraction of sp³-hybridized carbons (Fsp3) is 0.200. The van der Waals surface area contributed by atoms with Crippen LogP contribution in [0.25, 0.3) is 0 Å². The molecule has 21 heavy (non-hydrogen) atoms. The van der Waals surface area contributed by atoms with E-state index in [0.717, 1.165) is 5.69 Å². The van der Waals surface area contributed by atoms with E-state index in [1.54, 1.807) is 30.3 Å². The van der Waals surface area contributed by atoms with Crippen molar-refractivity contribution in [2.24, 2.45) is 0 Å². The Morgan fingerprint density at radius 2 is 1.76 bits per heavy atom. The summed E-state index contributed by atoms with van der Waals surface area (Å²) in [7, 11) is 0. The first-order chi connectivity index (χ1) is 10.2. The normalized spacial score (nSPS) is 10.3. The average Bonchev–Trinajstić information content (AvgIpc) is 2.49. The van der Waals surface area contributed by atoms with E-state index >= 15 is 0 Å². The molecule has 0 unspecified atom stereocenters. The van der Waals surface area contributed by atoms with Crippen molar-refractivity contribution in [2.45, 2.75) is 6.54 Å². The van der Waals surface area contributed by atoms with Gasteiger partial charge >= 0.3 is 0 Å². The first-order valence-corrected chi connectivity index (χ1v) is 6.59. The van der Waals surface area contributed by atoms with E-state index in [2.05, 4.69) is 10.6 Å². The summed E-state index contributed by atoms with van der Waals surface area (Å²) in [5.41, 5.74) is 1.51. The Kier molecular flexibility index (Phi) is 5.22. The maximum atomic E-state index is 13.4. The lowest BCUT2D eigenvalue weighted by atomic mass is 10.2. The zero-order valence-corrected chi connectivity index (χ0v) is 11.4. The smallest absolute Gasteiger partial charge is 0.269 e. The van der Waals surface area contributed by atoms with Crippen LogP contribution in [-0.2, 0) is 6.54 Å². The number of halogens is 1. The van der Waals surface area contributed by atoms with Gasteiger partial charge in [0, 0.05) is 43.0 Å². The molecule has 0 spiro atoms. The van der Waals surface area contributed by atoms with Gasteiger partial charge < -0.3 is 10.6 Å². The third kappa shape index (κ3) is 4.54. The number of nitrogens with zero attached hydrogens (tertiary/aromatic N) is 1. The summed E-state index contributed by atoms with van der Waals surface area (Å²) in [5.74, 6) is -0.215. The van der Waals surface area contributed by atoms with Gasteiger partial charge in [-0.15, -0.1) is 0 Å². The Balaban J connectivity index is 1.70. The third-order valence-electron chi connectivity index (χ3n) is 2.98. The van der Waals surface area contributed by atoms with Crippen molar-refractivity contribution in [3.05, 3.63) is 70.0 Å². The van der Waals surface area contributed by atoms with Gasteiger partial charge in [-0.3, -0.25) is 10.1 Å². The van der Waals surface area contributed by atoms with Crippen molar-refractivity contribution in [2.75, 3.05) is 18.4 Å². The Hall–Kier alpha value is -2.47. The van der Waals surface area contributed by atoms with Gasteiger partial charge in [-0.25, -0.2) is 4.39 Å². The molecule has 0 amide bonds. The Morgan fingerprint density at radius 1 is 1.05 bits per heavy atom. The van der Waals surface area contributed by atoms with Crippen LogP contribution in [0.5, 0.6) is 0 Å². The van der Waals surface area contributed by atoms with E-state index in [-0.39, 0.29) is 11.5 Å². The minimum atomic E-state index is -0.431. The zero-order chi connectivity index (χ0) is 15.1. The molecule has 0 aliphatic carbocycles. The van der Waals surface area contributed by atoms with Gasteiger partial charge in [-0.05, 0) is 18.2 Å². The minimum Gasteiger partial charge on any atom is -0.384 e. The molecule has 110 valence electrons. The molecular formula is C15H16FN3O2. The third-order valence-corrected chi connectivity index (χ3v) is 2.98. The van der Waals surface area contributed by atoms with Crippen LogP contribution in [0, 0.1) is 15.9 Å². The SMILES string of the molecule is O=[N+]([O-])c1ccc(NCCNCc2ccccc2F)cc1. The minimum absolute atomic E-state index is 0.0678. The van der Waals surface area contributed by atoms with Crippen molar-refractivity contribution in [1.82, 2.24) is 5.32 Å². The van der Waals surface area contributed by atoms with Crippen LogP contribution in [0.3, 0.4) is 0 Å². The summed E-state index contributed by atoms with van der Waals surface area (Å²) in [4.78, 5) is 10.1. The maximum absolute atomic E-state index is 13.4. The van der Waals surface area contributed by atoms with Gasteiger partial charge in [-0.2, -0.15) is 0 Å². The van der Waals surface area contributed by atoms with Gasteiger partial charge in [0.25, 0.3) is 5.69 Å². The molecule has 0 saturated carbocycles. The standard InChI is InChI=1S/C15H16FN3O2/c16-15-4-2-1-3-12(15)11-17-9-10-18-13-5-7-14(8-6-13)19(20)21/h1-8,17-18H,9-11H2. The second kappa shape index (κ2) is 7.35. The lowest BCUT2D eigenvalue weighted by molar-refractivity contribution is -0.384. The molecule has 0 saturated heterocycles. The van der Waals surface area contributed by atoms with E-state index in [4.69, 9.17) is 0 Å². The summed E-state index contributed by atoms with van der Waals surface area (Å²) in [6, 6.07) is 12.9. The number of nitrogens with one attached hydrogen (secondary N) is 2. The highest BCUT2D eigenvalue weighted by molar-refractivity contribution is 5.48. The number of anilines is 1. The molecule has 0 fully saturated rings. The van der Waals surface area contributed by atoms with E-state index in [1.807, 2.05) is 0 Å². The summed E-state index contributed by atoms with van der Waals surface area (Å²) in [5, 5.41) is 16.8. The van der Waals surface area contributed by atoms with E-state index in [0.29, 0.717) is 25.2 Å². The average molecular weight is 289 g/mol. The first-order valence-electron chi connectivity index (χ1n) is 6.59. The molecule has 0 radical (unpaired) electrons. The highest BCUT2D eigenvalue weighted by Crippen LogP contribution is 2.14. The fourth-order valence-corrected chi connectivity index (χ4v) is 1.86. The molecule has 5 nitrogen and oxygen atoms in total. The van der Waals surface area contributed by atoms with Gasteiger partial charge in [0.1, 0.15) is 5.82 Å². The molecular weight excluding hydrogens is 273 g/mol. The zero-order valence-electron chi connectivity index (χ0n) is 11.4. The van der Waals surface area contributed by atoms with Crippen molar-refractivity contribution in [3.63, 3.8) is 0 Å². The van der Waals surface area contributed by atoms with Crippen LogP contribution >= 0.6 is 0 Å². The number of hydrogen-bond donors (Lipinski definition) is 2. The highest BCUT2D eigenvalue weighted by Gasteiger charge is 2.03. The van der Waals surface area contributed by atoms with E-state index < -0.39 is 4.92 Å². The summed E-state index contributed by atoms with van der Waals surface area (Å²) < 4.78 is 13.4. The van der Waals surface area contributed by atoms with Crippen LogP contribution in [0.1, 0.15) is 5.56 Å². The molecule has 0 aromatic heterocycles. The van der Waals surface area contributed by atoms with Gasteiger partial charge in [-0.1, -0.05) is 18.2 Å². The predicted octanol–water partition coefficient (Wildman–Crippen LogP) is 2.94. The molecule has 0 aliphatic heterocycles. The van der Waals surface area contributed by atoms with Crippen LogP contribution in [0.15, 0.2) is 48.5 Å². The number of benzene rings is 2. The van der Waals surface area contributed by atoms with Crippen molar-refractivity contribution in [3.8, 4) is 0 Å². The molecule has 0 atom stereocenters. The van der Waals surface area contributed by atoms with Crippen molar-refractivity contribution < 1.29 is 9.31 Å². The van der Waals surface area contributed by atoms with Gasteiger partial charge in [0.15, 0.2) is 0 Å². The number of non-ortho nitro benzene ring substituents is 1. The van der Waals surface area contributed by atoms with E-state index in [9.17, 15) is 14.5 Å². The summed E-state index contributed by atoms with van der Waals surface area (Å²) in [6.45, 7) is 1.77. The van der Waals surface area contributed by atoms with Gasteiger partial charge in [0.05, 0.1) is 4.92 Å². The van der Waals surface area contributed by atoms with Gasteiger partial charge in [0.2, 0.25) is 0 Å². The molecule has 0 heterocycles. The molecule has 0 bridgehead atoms. The molecule has 2 rings (SSSR count). The molecule has 2 N–H and O–H groups in total. The number of nitro benzene ring substituents is 1. The summed E-state index contributed by atoms with van der Waals surface area (Å²) in [6.07, 6.45) is 0. The second-order valence-corrected chi connectivity index (χ2v) is 4.50. The highest BCUT2D eigenvalue weighted by atomic mass is 19.1. The predicted molar refractivity (Wildman–Crippen MR) is 79.7 cm³/mol. The second-order valence-electron chi connectivity index (χ2n) is 4.50. The summed E-state index contributed by atoms with van der Waals surface area (Å²) >= 11 is 0. The lowest BCUT2D eigenvalue weighted by Gasteiger charge is -2.08. The van der Waals surface area contributed by atoms with Crippen LogP contribution < -0.4 is 10.6 Å². The van der Waals surface area contributed by atoms with Crippen molar-refractivity contribution >= 4 is 11.4 Å². The Morgan fingerprint density at radius 3 is 2.43 bits per heavy atom. The Bertz CT molecular complexity index is 602. The molecule has 2 aromatic carbocycles. The number of nitro groups is 1. The molecule has 0 aliphatic rings. The Labute approximate surface area is 122 Å². The van der Waals surface area contributed by atoms with Crippen molar-refractivity contribution in [1.29, 1.82) is 0 Å². The fourth-order valence-electron chi connectivity index (χ4n) is 1.86. The lowest BCUT2D eigenvalue weighted by Crippen LogP contribution is -2.22. The number of rotatable bonds is 7. The topological polar surface area (TPSA) is 67.2 Å². The monoisotopic (exact) mass is 289 g/mol. The van der Waals surface area contributed by atoms with Crippen LogP contribution in [0.4, 0.5) is 15.8 Å². The largest absolute Gasteiger partial charge is 0.384 e. The van der Waals surface area contributed by atoms with Crippen LogP contribution in [0.2, 0.25) is 0 Å². The van der Waals surface area contributed by atoms with E-state index in [1.165, 1.54) is 18.2 Å². The van der Waals surface area contributed by atoms with Crippen LogP contribution in [-0.4, -0.2) is 18.0 Å². The first kappa shape index (κ1) is 14.9. The molecule has 2 aromatic rings. The molecule has 6 heteroatoms. The number of hydrogen-bond acceptors (Lipinski definition) is 4. The maximum Gasteiger partial charge on any atom is 0.269 e.